The van der Waals surface area contributed by atoms with Crippen LogP contribution in [0.4, 0.5) is 19.0 Å². The summed E-state index contributed by atoms with van der Waals surface area (Å²) >= 11 is 12.0. The largest absolute Gasteiger partial charge is 0.417 e. The Balaban J connectivity index is 2.23. The predicted octanol–water partition coefficient (Wildman–Crippen LogP) is 1.61. The van der Waals surface area contributed by atoms with Crippen molar-refractivity contribution in [1.82, 2.24) is 24.5 Å². The maximum atomic E-state index is 13.1. The lowest BCUT2D eigenvalue weighted by Gasteiger charge is -2.24. The standard InChI is InChI=1S/C12H7Cl2F3N6O2S/c13-6-1-5(12(15,16)17)10(26(24)25)8(14)9(6)23-11(18)7(2-20-23)22-4-19-3-21-22/h1-4,8H,18H2. The van der Waals surface area contributed by atoms with Crippen LogP contribution < -0.4 is 5.73 Å². The molecule has 0 bridgehead atoms. The molecule has 0 amide bonds. The lowest BCUT2D eigenvalue weighted by atomic mass is 10.0. The molecule has 1 unspecified atom stereocenters. The molecule has 2 N–H and O–H groups in total. The van der Waals surface area contributed by atoms with Gasteiger partial charge in [0.2, 0.25) is 10.3 Å². The van der Waals surface area contributed by atoms with Gasteiger partial charge in [-0.05, 0) is 6.08 Å². The van der Waals surface area contributed by atoms with Crippen LogP contribution in [0.3, 0.4) is 0 Å². The zero-order chi connectivity index (χ0) is 19.2. The second-order valence-electron chi connectivity index (χ2n) is 4.92. The second kappa shape index (κ2) is 6.45. The van der Waals surface area contributed by atoms with Crippen LogP contribution in [-0.4, -0.2) is 49.4 Å². The summed E-state index contributed by atoms with van der Waals surface area (Å²) in [6, 6.07) is 0. The molecular formula is C12H7Cl2F3N6O2S. The fraction of sp³-hybridized carbons (Fsp3) is 0.167. The molecule has 0 fully saturated rings. The number of aromatic nitrogens is 5. The van der Waals surface area contributed by atoms with Gasteiger partial charge >= 0.3 is 6.18 Å². The minimum atomic E-state index is -4.96. The maximum Gasteiger partial charge on any atom is 0.417 e. The van der Waals surface area contributed by atoms with Crippen LogP contribution in [0.2, 0.25) is 0 Å². The quantitative estimate of drug-likeness (QED) is 0.577. The van der Waals surface area contributed by atoms with Gasteiger partial charge in [0.1, 0.15) is 28.6 Å². The summed E-state index contributed by atoms with van der Waals surface area (Å²) in [6.45, 7) is 0. The van der Waals surface area contributed by atoms with Crippen molar-refractivity contribution >= 4 is 49.9 Å². The fourth-order valence-corrected chi connectivity index (χ4v) is 3.84. The van der Waals surface area contributed by atoms with Crippen molar-refractivity contribution < 1.29 is 21.6 Å². The molecule has 3 rings (SSSR count). The van der Waals surface area contributed by atoms with Crippen molar-refractivity contribution in [3.63, 3.8) is 0 Å². The highest BCUT2D eigenvalue weighted by molar-refractivity contribution is 7.73. The molecule has 8 nitrogen and oxygen atoms in total. The number of alkyl halides is 4. The van der Waals surface area contributed by atoms with Gasteiger partial charge in [-0.2, -0.15) is 31.8 Å². The Bertz CT molecular complexity index is 1060. The Hall–Kier alpha value is -2.31. The molecule has 138 valence electrons. The highest BCUT2D eigenvalue weighted by Gasteiger charge is 2.44. The minimum absolute atomic E-state index is 0.0748. The third-order valence-corrected chi connectivity index (χ3v) is 5.09. The summed E-state index contributed by atoms with van der Waals surface area (Å²) < 4.78 is 64.3. The van der Waals surface area contributed by atoms with Crippen molar-refractivity contribution in [2.75, 3.05) is 5.73 Å². The Kier molecular flexibility index (Phi) is 4.58. The summed E-state index contributed by atoms with van der Waals surface area (Å²) in [5.74, 6) is -0.0748. The van der Waals surface area contributed by atoms with Gasteiger partial charge in [-0.25, -0.2) is 14.3 Å². The van der Waals surface area contributed by atoms with Crippen LogP contribution >= 0.6 is 23.2 Å². The van der Waals surface area contributed by atoms with E-state index >= 15 is 0 Å². The topological polar surface area (TPSA) is 109 Å². The molecular weight excluding hydrogens is 420 g/mol. The van der Waals surface area contributed by atoms with Gasteiger partial charge in [-0.15, -0.1) is 11.6 Å². The number of hydrogen-bond acceptors (Lipinski definition) is 6. The van der Waals surface area contributed by atoms with Crippen LogP contribution in [0.25, 0.3) is 11.4 Å². The SMILES string of the molecule is Nc1c(-n2cncn2)cnn1C1=C(Cl)C=C(C(F)(F)F)C(=S(=O)=O)C1Cl. The van der Waals surface area contributed by atoms with Gasteiger partial charge < -0.3 is 5.73 Å². The highest BCUT2D eigenvalue weighted by atomic mass is 35.5. The van der Waals surface area contributed by atoms with E-state index in [0.717, 1.165) is 4.68 Å². The van der Waals surface area contributed by atoms with Gasteiger partial charge in [-0.1, -0.05) is 11.6 Å². The summed E-state index contributed by atoms with van der Waals surface area (Å²) in [5.41, 5.74) is 4.51. The number of hydrogen-bond donors (Lipinski definition) is 1. The van der Waals surface area contributed by atoms with Gasteiger partial charge in [0, 0.05) is 0 Å². The van der Waals surface area contributed by atoms with Crippen molar-refractivity contribution in [3.05, 3.63) is 35.5 Å². The molecule has 0 radical (unpaired) electrons. The molecule has 0 aromatic carbocycles. The summed E-state index contributed by atoms with van der Waals surface area (Å²) in [4.78, 5) is 2.67. The summed E-state index contributed by atoms with van der Waals surface area (Å²) in [5, 5.41) is 5.58. The Labute approximate surface area is 154 Å². The first-order valence-electron chi connectivity index (χ1n) is 6.61. The molecule has 2 aromatic rings. The van der Waals surface area contributed by atoms with Crippen molar-refractivity contribution in [2.45, 2.75) is 11.6 Å². The number of anilines is 1. The van der Waals surface area contributed by atoms with E-state index in [4.69, 9.17) is 28.9 Å². The van der Waals surface area contributed by atoms with E-state index in [-0.39, 0.29) is 17.2 Å². The van der Waals surface area contributed by atoms with Gasteiger partial charge in [-0.3, -0.25) is 0 Å². The molecule has 2 aromatic heterocycles. The molecule has 0 spiro atoms. The normalized spacial score (nSPS) is 18.3. The van der Waals surface area contributed by atoms with Gasteiger partial charge in [0.25, 0.3) is 0 Å². The van der Waals surface area contributed by atoms with E-state index in [9.17, 15) is 21.6 Å². The second-order valence-corrected chi connectivity index (χ2v) is 6.67. The van der Waals surface area contributed by atoms with Crippen LogP contribution in [-0.2, 0) is 10.3 Å². The molecule has 1 aliphatic carbocycles. The molecule has 1 aliphatic rings. The van der Waals surface area contributed by atoms with Crippen molar-refractivity contribution in [3.8, 4) is 5.69 Å². The highest BCUT2D eigenvalue weighted by Crippen LogP contribution is 2.39. The van der Waals surface area contributed by atoms with Crippen LogP contribution in [0.15, 0.2) is 35.5 Å². The van der Waals surface area contributed by atoms with Crippen LogP contribution in [0.5, 0.6) is 0 Å². The van der Waals surface area contributed by atoms with E-state index in [1.807, 2.05) is 0 Å². The number of nitrogens with zero attached hydrogens (tertiary/aromatic N) is 5. The molecule has 1 atom stereocenters. The van der Waals surface area contributed by atoms with Gasteiger partial charge in [0.15, 0.2) is 5.82 Å². The van der Waals surface area contributed by atoms with Crippen LogP contribution in [0, 0.1) is 0 Å². The summed E-state index contributed by atoms with van der Waals surface area (Å²) in [6.07, 6.45) is -0.688. The average Bonchev–Trinajstić information content (AvgIpc) is 3.15. The lowest BCUT2D eigenvalue weighted by Crippen LogP contribution is -2.33. The van der Waals surface area contributed by atoms with E-state index in [1.54, 1.807) is 0 Å². The Morgan fingerprint density at radius 2 is 1.96 bits per heavy atom. The fourth-order valence-electron chi connectivity index (χ4n) is 2.31. The average molecular weight is 427 g/mol. The predicted molar refractivity (Wildman–Crippen MR) is 88.3 cm³/mol. The molecule has 0 saturated heterocycles. The molecule has 14 heteroatoms. The van der Waals surface area contributed by atoms with Crippen molar-refractivity contribution in [1.29, 1.82) is 0 Å². The van der Waals surface area contributed by atoms with Crippen molar-refractivity contribution in [2.24, 2.45) is 0 Å². The monoisotopic (exact) mass is 426 g/mol. The number of allylic oxidation sites excluding steroid dienone is 4. The van der Waals surface area contributed by atoms with E-state index in [0.29, 0.717) is 6.08 Å². The Morgan fingerprint density at radius 3 is 2.50 bits per heavy atom. The first-order chi connectivity index (χ1) is 12.1. The smallest absolute Gasteiger partial charge is 0.382 e. The van der Waals surface area contributed by atoms with Crippen LogP contribution in [0.1, 0.15) is 0 Å². The molecule has 26 heavy (non-hydrogen) atoms. The minimum Gasteiger partial charge on any atom is -0.382 e. The number of halogens is 5. The van der Waals surface area contributed by atoms with E-state index in [2.05, 4.69) is 15.2 Å². The maximum absolute atomic E-state index is 13.1. The lowest BCUT2D eigenvalue weighted by molar-refractivity contribution is -0.0860. The third-order valence-electron chi connectivity index (χ3n) is 3.42. The molecule has 2 heterocycles. The number of nitrogen functional groups attached to an aromatic ring is 1. The zero-order valence-corrected chi connectivity index (χ0v) is 14.6. The zero-order valence-electron chi connectivity index (χ0n) is 12.3. The summed E-state index contributed by atoms with van der Waals surface area (Å²) in [7, 11) is -3.25. The molecule has 0 saturated carbocycles. The molecule has 0 aliphatic heterocycles. The van der Waals surface area contributed by atoms with Gasteiger partial charge in [0.05, 0.1) is 22.5 Å². The Morgan fingerprint density at radius 1 is 1.27 bits per heavy atom. The third kappa shape index (κ3) is 2.99. The number of rotatable bonds is 2. The first-order valence-corrected chi connectivity index (χ1v) is 8.49. The van der Waals surface area contributed by atoms with E-state index < -0.39 is 37.3 Å². The number of nitrogens with two attached hydrogens (primary N) is 1. The van der Waals surface area contributed by atoms with E-state index in [1.165, 1.54) is 23.5 Å². The first kappa shape index (κ1) is 18.5.